The summed E-state index contributed by atoms with van der Waals surface area (Å²) in [5.41, 5.74) is -0.236. The van der Waals surface area contributed by atoms with Gasteiger partial charge in [-0.3, -0.25) is 0 Å². The molecule has 1 saturated carbocycles. The lowest BCUT2D eigenvalue weighted by Crippen LogP contribution is -2.60. The molecule has 2 saturated heterocycles. The summed E-state index contributed by atoms with van der Waals surface area (Å²) >= 11 is 0. The predicted molar refractivity (Wildman–Crippen MR) is 129 cm³/mol. The van der Waals surface area contributed by atoms with Gasteiger partial charge in [0.25, 0.3) is 0 Å². The normalized spacial score (nSPS) is 46.6. The Morgan fingerprint density at radius 1 is 0.789 bits per heavy atom. The van der Waals surface area contributed by atoms with Crippen molar-refractivity contribution in [2.75, 3.05) is 19.8 Å². The maximum atomic E-state index is 10.3. The zero-order chi connectivity index (χ0) is 28.4. The molecule has 0 radical (unpaired) electrons. The van der Waals surface area contributed by atoms with Gasteiger partial charge in [0.15, 0.2) is 12.6 Å². The van der Waals surface area contributed by atoms with Crippen molar-refractivity contribution in [2.45, 2.75) is 120 Å². The largest absolute Gasteiger partial charge is 0.394 e. The van der Waals surface area contributed by atoms with Crippen LogP contribution in [0.15, 0.2) is 0 Å². The smallest absolute Gasteiger partial charge is 0.187 e. The molecule has 38 heavy (non-hydrogen) atoms. The highest BCUT2D eigenvalue weighted by Gasteiger charge is 2.48. The fraction of sp³-hybridized carbons (Fsp3) is 1.00. The first-order valence-corrected chi connectivity index (χ1v) is 13.4. The van der Waals surface area contributed by atoms with Crippen molar-refractivity contribution < 1.29 is 64.9 Å². The average molecular weight is 555 g/mol. The van der Waals surface area contributed by atoms with E-state index in [2.05, 4.69) is 20.8 Å². The fourth-order valence-corrected chi connectivity index (χ4v) is 6.26. The van der Waals surface area contributed by atoms with E-state index in [0.717, 1.165) is 0 Å². The van der Waals surface area contributed by atoms with E-state index in [1.165, 1.54) is 0 Å². The summed E-state index contributed by atoms with van der Waals surface area (Å²) in [6, 6.07) is 0. The second-order valence-electron chi connectivity index (χ2n) is 11.7. The number of aliphatic hydroxyl groups is 9. The summed E-state index contributed by atoms with van der Waals surface area (Å²) in [5.74, 6) is 0.338. The predicted octanol–water partition coefficient (Wildman–Crippen LogP) is -2.80. The van der Waals surface area contributed by atoms with E-state index >= 15 is 0 Å². The van der Waals surface area contributed by atoms with Gasteiger partial charge in [-0.2, -0.15) is 0 Å². The van der Waals surface area contributed by atoms with Gasteiger partial charge in [-0.25, -0.2) is 0 Å². The van der Waals surface area contributed by atoms with Gasteiger partial charge in [0.05, 0.1) is 32.0 Å². The third kappa shape index (κ3) is 7.03. The molecule has 0 spiro atoms. The first-order chi connectivity index (χ1) is 17.8. The molecule has 0 amide bonds. The van der Waals surface area contributed by atoms with E-state index in [4.69, 9.17) is 18.9 Å². The van der Waals surface area contributed by atoms with E-state index < -0.39 is 80.7 Å². The summed E-state index contributed by atoms with van der Waals surface area (Å²) in [6.45, 7) is 4.78. The van der Waals surface area contributed by atoms with Crippen LogP contribution < -0.4 is 0 Å². The zero-order valence-electron chi connectivity index (χ0n) is 22.2. The van der Waals surface area contributed by atoms with Gasteiger partial charge in [0, 0.05) is 0 Å². The lowest BCUT2D eigenvalue weighted by Gasteiger charge is -2.48. The lowest BCUT2D eigenvalue weighted by molar-refractivity contribution is -0.317. The van der Waals surface area contributed by atoms with E-state index in [-0.39, 0.29) is 30.0 Å². The van der Waals surface area contributed by atoms with Crippen LogP contribution in [-0.4, -0.2) is 139 Å². The van der Waals surface area contributed by atoms with Crippen molar-refractivity contribution in [1.29, 1.82) is 0 Å². The van der Waals surface area contributed by atoms with E-state index in [1.807, 2.05) is 0 Å². The average Bonchev–Trinajstić information content (AvgIpc) is 2.87. The summed E-state index contributed by atoms with van der Waals surface area (Å²) in [4.78, 5) is 0. The molecule has 13 nitrogen and oxygen atoms in total. The molecule has 0 aromatic rings. The highest BCUT2D eigenvalue weighted by Crippen LogP contribution is 2.48. The number of aliphatic hydroxyl groups excluding tert-OH is 9. The highest BCUT2D eigenvalue weighted by atomic mass is 16.7. The van der Waals surface area contributed by atoms with E-state index in [1.54, 1.807) is 0 Å². The molecule has 9 N–H and O–H groups in total. The molecule has 13 heteroatoms. The zero-order valence-corrected chi connectivity index (χ0v) is 22.2. The molecule has 3 fully saturated rings. The Kier molecular flexibility index (Phi) is 11.3. The van der Waals surface area contributed by atoms with Crippen LogP contribution in [0, 0.1) is 17.3 Å². The molecule has 0 unspecified atom stereocenters. The molecule has 1 aliphatic carbocycles. The number of ether oxygens (including phenoxy) is 4. The van der Waals surface area contributed by atoms with Gasteiger partial charge < -0.3 is 64.9 Å². The summed E-state index contributed by atoms with van der Waals surface area (Å²) in [5, 5.41) is 89.3. The topological polar surface area (TPSA) is 219 Å². The van der Waals surface area contributed by atoms with Crippen LogP contribution >= 0.6 is 0 Å². The summed E-state index contributed by atoms with van der Waals surface area (Å²) in [7, 11) is 0. The van der Waals surface area contributed by atoms with E-state index in [9.17, 15) is 46.0 Å². The first-order valence-electron chi connectivity index (χ1n) is 13.4. The Labute approximate surface area is 222 Å². The molecule has 2 heterocycles. The van der Waals surface area contributed by atoms with Crippen molar-refractivity contribution >= 4 is 0 Å². The van der Waals surface area contributed by atoms with Crippen LogP contribution in [0.1, 0.15) is 46.5 Å². The second-order valence-corrected chi connectivity index (χ2v) is 11.7. The maximum absolute atomic E-state index is 10.3. The fourth-order valence-electron chi connectivity index (χ4n) is 6.26. The second kappa shape index (κ2) is 13.4. The van der Waals surface area contributed by atoms with Gasteiger partial charge in [-0.05, 0) is 42.9 Å². The van der Waals surface area contributed by atoms with Crippen LogP contribution in [0.3, 0.4) is 0 Å². The maximum Gasteiger partial charge on any atom is 0.187 e. The summed E-state index contributed by atoms with van der Waals surface area (Å²) < 4.78 is 22.7. The molecule has 0 aromatic carbocycles. The number of hydrogen-bond donors (Lipinski definition) is 9. The highest BCUT2D eigenvalue weighted by molar-refractivity contribution is 4.94. The van der Waals surface area contributed by atoms with Crippen molar-refractivity contribution in [1.82, 2.24) is 0 Å². The van der Waals surface area contributed by atoms with Gasteiger partial charge in [0.1, 0.15) is 48.8 Å². The van der Waals surface area contributed by atoms with Crippen LogP contribution in [0.4, 0.5) is 0 Å². The number of rotatable bonds is 10. The molecular weight excluding hydrogens is 508 g/mol. The Balaban J connectivity index is 1.57. The monoisotopic (exact) mass is 554 g/mol. The van der Waals surface area contributed by atoms with Gasteiger partial charge in [-0.15, -0.1) is 0 Å². The Morgan fingerprint density at radius 3 is 1.82 bits per heavy atom. The molecule has 3 aliphatic rings. The molecule has 14 atom stereocenters. The van der Waals surface area contributed by atoms with Gasteiger partial charge in [-0.1, -0.05) is 20.8 Å². The van der Waals surface area contributed by atoms with Crippen LogP contribution in [0.2, 0.25) is 0 Å². The Hall–Kier alpha value is -0.520. The summed E-state index contributed by atoms with van der Waals surface area (Å²) in [6.07, 6.45) is -12.4. The van der Waals surface area contributed by atoms with E-state index in [0.29, 0.717) is 25.7 Å². The Morgan fingerprint density at radius 2 is 1.32 bits per heavy atom. The van der Waals surface area contributed by atoms with Crippen molar-refractivity contribution in [3.63, 3.8) is 0 Å². The Bertz CT molecular complexity index is 721. The standard InChI is InChI=1S/C25H46O13/c1-11-6-13(36-24-22(34)20(32)18(30)16(10-28)38-24)7-25(2,3)14(11)5-4-12(8-26)35-23-21(33)19(31)17(29)15(9-27)37-23/h11-24,26-34H,4-10H2,1-3H3/t11-,12+,13+,14+,15-,16-,17-,18-,19+,20+,21-,22-,23-,24-/m1/s1. The number of hydrogen-bond acceptors (Lipinski definition) is 13. The quantitative estimate of drug-likeness (QED) is 0.133. The van der Waals surface area contributed by atoms with Crippen LogP contribution in [0.25, 0.3) is 0 Å². The minimum Gasteiger partial charge on any atom is -0.394 e. The van der Waals surface area contributed by atoms with Crippen LogP contribution in [-0.2, 0) is 18.9 Å². The van der Waals surface area contributed by atoms with Crippen molar-refractivity contribution in [2.24, 2.45) is 17.3 Å². The van der Waals surface area contributed by atoms with Crippen LogP contribution in [0.5, 0.6) is 0 Å². The minimum atomic E-state index is -1.57. The molecule has 224 valence electrons. The third-order valence-electron chi connectivity index (χ3n) is 8.43. The lowest BCUT2D eigenvalue weighted by atomic mass is 9.61. The molecule has 0 bridgehead atoms. The SMILES string of the molecule is C[C@@H]1C[C@H](O[C@@H]2O[C@H](CO)[C@@H](O)[C@H](O)[C@H]2O)CC(C)(C)[C@H]1CC[C@@H](CO)O[C@@H]1O[C@H](CO)[C@@H](O)[C@H](O)[C@H]1O. The first kappa shape index (κ1) is 32.0. The third-order valence-corrected chi connectivity index (χ3v) is 8.43. The van der Waals surface area contributed by atoms with Crippen molar-refractivity contribution in [3.05, 3.63) is 0 Å². The minimum absolute atomic E-state index is 0.153. The van der Waals surface area contributed by atoms with Gasteiger partial charge in [0.2, 0.25) is 0 Å². The van der Waals surface area contributed by atoms with Gasteiger partial charge >= 0.3 is 0 Å². The molecule has 0 aromatic heterocycles. The molecule has 3 rings (SSSR count). The molecule has 2 aliphatic heterocycles. The van der Waals surface area contributed by atoms with Crippen molar-refractivity contribution in [3.8, 4) is 0 Å². The molecular formula is C25H46O13.